The van der Waals surface area contributed by atoms with E-state index in [1.807, 2.05) is 48.5 Å². The van der Waals surface area contributed by atoms with Crippen molar-refractivity contribution in [3.05, 3.63) is 93.7 Å². The Bertz CT molecular complexity index is 2110. The summed E-state index contributed by atoms with van der Waals surface area (Å²) in [4.78, 5) is 29.2. The fraction of sp³-hybridized carbons (Fsp3) is 0.333. The second kappa shape index (κ2) is 16.6. The average molecular weight is 784 g/mol. The molecule has 0 spiro atoms. The van der Waals surface area contributed by atoms with Gasteiger partial charge >= 0.3 is 0 Å². The number of anilines is 2. The summed E-state index contributed by atoms with van der Waals surface area (Å²) in [6.07, 6.45) is -3.96. The van der Waals surface area contributed by atoms with Crippen molar-refractivity contribution in [2.24, 2.45) is 0 Å². The summed E-state index contributed by atoms with van der Waals surface area (Å²) < 4.78 is 11.6. The molecule has 280 valence electrons. The predicted molar refractivity (Wildman–Crippen MR) is 208 cm³/mol. The Labute approximate surface area is 320 Å². The molecule has 6 unspecified atom stereocenters. The monoisotopic (exact) mass is 782 g/mol. The number of carbonyl (C=O) groups is 2. The van der Waals surface area contributed by atoms with Crippen molar-refractivity contribution in [2.45, 2.75) is 43.0 Å². The molecular weight excluding hydrogens is 743 g/mol. The molecule has 6 atom stereocenters. The number of phenols is 1. The van der Waals surface area contributed by atoms with Crippen molar-refractivity contribution < 1.29 is 44.6 Å². The van der Waals surface area contributed by atoms with Crippen LogP contribution >= 0.6 is 34.5 Å². The zero-order valence-electron chi connectivity index (χ0n) is 28.9. The lowest BCUT2D eigenvalue weighted by Gasteiger charge is -2.39. The van der Waals surface area contributed by atoms with Crippen LogP contribution in [0.1, 0.15) is 36.4 Å². The number of hydrogen-bond donors (Lipinski definition) is 5. The molecular formula is C39H40Cl2N2O9S. The maximum absolute atomic E-state index is 13.4. The fourth-order valence-electron chi connectivity index (χ4n) is 7.19. The molecule has 11 nitrogen and oxygen atoms in total. The van der Waals surface area contributed by atoms with Crippen molar-refractivity contribution in [3.63, 3.8) is 0 Å². The summed E-state index contributed by atoms with van der Waals surface area (Å²) in [5.41, 5.74) is 3.99. The number of likely N-dealkylation sites (N-methyl/N-ethyl adjacent to an activating group) is 1. The van der Waals surface area contributed by atoms with Crippen molar-refractivity contribution in [1.29, 1.82) is 0 Å². The van der Waals surface area contributed by atoms with Crippen molar-refractivity contribution in [1.82, 2.24) is 0 Å². The SMILES string of the molecule is CCl.CN1CCc2c1cc(O)c1ccccc21.O=Cc1ccc(C(=O)N2CC(CCl)c3c2cc(OC2OC(CO)C(O)C(O)C2O)c2ccccc32)s1. The van der Waals surface area contributed by atoms with Gasteiger partial charge in [0, 0.05) is 66.9 Å². The Morgan fingerprint density at radius 3 is 2.28 bits per heavy atom. The first kappa shape index (κ1) is 38.7. The minimum atomic E-state index is -1.59. The highest BCUT2D eigenvalue weighted by atomic mass is 35.5. The number of aldehydes is 1. The van der Waals surface area contributed by atoms with Crippen LogP contribution in [0.2, 0.25) is 0 Å². The second-order valence-corrected chi connectivity index (χ2v) is 14.3. The average Bonchev–Trinajstić information content (AvgIpc) is 3.93. The molecule has 0 bridgehead atoms. The minimum Gasteiger partial charge on any atom is -0.507 e. The van der Waals surface area contributed by atoms with E-state index in [0.29, 0.717) is 39.4 Å². The molecule has 4 heterocycles. The van der Waals surface area contributed by atoms with Gasteiger partial charge < -0.3 is 44.8 Å². The Morgan fingerprint density at radius 1 is 0.943 bits per heavy atom. The molecule has 0 radical (unpaired) electrons. The number of amides is 1. The van der Waals surface area contributed by atoms with E-state index < -0.39 is 37.3 Å². The molecule has 14 heteroatoms. The molecule has 3 aliphatic rings. The molecule has 1 fully saturated rings. The number of benzene rings is 4. The van der Waals surface area contributed by atoms with Gasteiger partial charge in [0.2, 0.25) is 6.29 Å². The Kier molecular flexibility index (Phi) is 12.1. The predicted octanol–water partition coefficient (Wildman–Crippen LogP) is 5.27. The van der Waals surface area contributed by atoms with Gasteiger partial charge in [0.25, 0.3) is 5.91 Å². The number of alkyl halides is 2. The number of thiophene rings is 1. The van der Waals surface area contributed by atoms with Crippen LogP contribution in [0.25, 0.3) is 21.5 Å². The Morgan fingerprint density at radius 2 is 1.62 bits per heavy atom. The summed E-state index contributed by atoms with van der Waals surface area (Å²) in [6, 6.07) is 22.2. The number of carbonyl (C=O) groups excluding carboxylic acids is 2. The van der Waals surface area contributed by atoms with E-state index in [1.54, 1.807) is 23.1 Å². The highest BCUT2D eigenvalue weighted by Crippen LogP contribution is 2.47. The quantitative estimate of drug-likeness (QED) is 0.114. The summed E-state index contributed by atoms with van der Waals surface area (Å²) >= 11 is 12.1. The summed E-state index contributed by atoms with van der Waals surface area (Å²) in [6.45, 7) is 0.793. The zero-order chi connectivity index (χ0) is 38.0. The number of hydrogen-bond acceptors (Lipinski definition) is 11. The first-order valence-electron chi connectivity index (χ1n) is 16.9. The van der Waals surface area contributed by atoms with Crippen LogP contribution in [0.5, 0.6) is 11.5 Å². The van der Waals surface area contributed by atoms with Crippen LogP contribution < -0.4 is 14.5 Å². The standard InChI is InChI=1S/C25H24ClNO8S.C13H13NO.CH3Cl/c26-8-12-9-27(24(33)19-6-5-13(10-28)36-19)16-7-17(14-3-1-2-4-15(14)20(12)16)34-25-23(32)22(31)21(30)18(11-29)35-25;1-14-7-6-10-9-4-2-3-5-11(9)13(15)8-12(10)14;1-2/h1-7,10,12,18,21-23,25,29-32H,8-9,11H2;2-5,8,15H,6-7H2,1H3;1H3. The number of phenolic OH excluding ortho intramolecular Hbond substituents is 1. The topological polar surface area (TPSA) is 160 Å². The normalized spacial score (nSPS) is 23.1. The van der Waals surface area contributed by atoms with Crippen LogP contribution in [-0.2, 0) is 11.2 Å². The van der Waals surface area contributed by atoms with E-state index in [2.05, 4.69) is 29.6 Å². The summed E-state index contributed by atoms with van der Waals surface area (Å²) in [5.74, 6) is 0.510. The van der Waals surface area contributed by atoms with Gasteiger partial charge in [0.15, 0.2) is 6.29 Å². The molecule has 3 aliphatic heterocycles. The van der Waals surface area contributed by atoms with Gasteiger partial charge in [-0.1, -0.05) is 48.5 Å². The Hall–Kier alpha value is -3.98. The van der Waals surface area contributed by atoms with Crippen LogP contribution in [0.3, 0.4) is 0 Å². The number of rotatable bonds is 6. The van der Waals surface area contributed by atoms with Crippen LogP contribution in [-0.4, -0.2) is 107 Å². The van der Waals surface area contributed by atoms with E-state index in [0.717, 1.165) is 40.6 Å². The van der Waals surface area contributed by atoms with Crippen LogP contribution in [0.15, 0.2) is 72.8 Å². The van der Waals surface area contributed by atoms with Crippen molar-refractivity contribution in [3.8, 4) is 11.5 Å². The number of aliphatic hydroxyl groups excluding tert-OH is 4. The first-order chi connectivity index (χ1) is 25.6. The van der Waals surface area contributed by atoms with E-state index in [9.17, 15) is 35.1 Å². The maximum atomic E-state index is 13.4. The molecule has 0 saturated carbocycles. The number of nitrogens with zero attached hydrogens (tertiary/aromatic N) is 2. The second-order valence-electron chi connectivity index (χ2n) is 12.9. The van der Waals surface area contributed by atoms with Crippen molar-refractivity contribution in [2.75, 3.05) is 48.8 Å². The number of halogens is 2. The Balaban J connectivity index is 0.000000234. The van der Waals surface area contributed by atoms with E-state index in [-0.39, 0.29) is 23.5 Å². The highest BCUT2D eigenvalue weighted by Gasteiger charge is 2.45. The van der Waals surface area contributed by atoms with E-state index >= 15 is 0 Å². The molecule has 1 saturated heterocycles. The van der Waals surface area contributed by atoms with Gasteiger partial charge in [0.1, 0.15) is 35.9 Å². The lowest BCUT2D eigenvalue weighted by molar-refractivity contribution is -0.277. The summed E-state index contributed by atoms with van der Waals surface area (Å²) in [5, 5.41) is 53.8. The first-order valence-corrected chi connectivity index (χ1v) is 19.0. The van der Waals surface area contributed by atoms with Crippen LogP contribution in [0, 0.1) is 0 Å². The smallest absolute Gasteiger partial charge is 0.268 e. The van der Waals surface area contributed by atoms with Crippen LogP contribution in [0.4, 0.5) is 11.4 Å². The number of ether oxygens (including phenoxy) is 2. The largest absolute Gasteiger partial charge is 0.507 e. The lowest BCUT2D eigenvalue weighted by atomic mass is 9.95. The number of aromatic hydroxyl groups is 1. The van der Waals surface area contributed by atoms with Gasteiger partial charge in [-0.05, 0) is 40.5 Å². The third kappa shape index (κ3) is 7.30. The number of fused-ring (bicyclic) bond motifs is 6. The number of aliphatic hydroxyl groups is 4. The summed E-state index contributed by atoms with van der Waals surface area (Å²) in [7, 11) is 2.07. The van der Waals surface area contributed by atoms with Gasteiger partial charge in [-0.25, -0.2) is 0 Å². The molecule has 1 aromatic heterocycles. The van der Waals surface area contributed by atoms with Crippen molar-refractivity contribution >= 4 is 79.7 Å². The van der Waals surface area contributed by atoms with Gasteiger partial charge in [-0.3, -0.25) is 9.59 Å². The third-order valence-electron chi connectivity index (χ3n) is 9.82. The zero-order valence-corrected chi connectivity index (χ0v) is 31.3. The molecule has 5 aromatic rings. The van der Waals surface area contributed by atoms with Gasteiger partial charge in [-0.15, -0.1) is 34.5 Å². The molecule has 1 amide bonds. The van der Waals surface area contributed by atoms with E-state index in [1.165, 1.54) is 23.0 Å². The van der Waals surface area contributed by atoms with Gasteiger partial charge in [0.05, 0.1) is 22.0 Å². The van der Waals surface area contributed by atoms with E-state index in [4.69, 9.17) is 21.1 Å². The molecule has 53 heavy (non-hydrogen) atoms. The lowest BCUT2D eigenvalue weighted by Crippen LogP contribution is -2.60. The third-order valence-corrected chi connectivity index (χ3v) is 11.2. The maximum Gasteiger partial charge on any atom is 0.268 e. The molecule has 0 aliphatic carbocycles. The highest BCUT2D eigenvalue weighted by molar-refractivity contribution is 7.15. The fourth-order valence-corrected chi connectivity index (χ4v) is 8.21. The van der Waals surface area contributed by atoms with Gasteiger partial charge in [-0.2, -0.15) is 0 Å². The molecule has 4 aromatic carbocycles. The molecule has 8 rings (SSSR count). The molecule has 5 N–H and O–H groups in total. The minimum absolute atomic E-state index is 0.151.